The number of aromatic nitrogens is 3. The molecule has 2 aliphatic heterocycles. The van der Waals surface area contributed by atoms with E-state index in [9.17, 15) is 50.0 Å². The average molecular weight is 1250 g/mol. The predicted octanol–water partition coefficient (Wildman–Crippen LogP) is 5.53. The first-order valence-electron chi connectivity index (χ1n) is 27.8. The molecule has 4 N–H and O–H groups in total. The van der Waals surface area contributed by atoms with Gasteiger partial charge in [0.25, 0.3) is 17.7 Å². The summed E-state index contributed by atoms with van der Waals surface area (Å²) in [5, 5.41) is 6.00. The van der Waals surface area contributed by atoms with Gasteiger partial charge in [0, 0.05) is 47.8 Å². The molecule has 0 bridgehead atoms. The van der Waals surface area contributed by atoms with E-state index in [4.69, 9.17) is 40.0 Å². The molecule has 0 radical (unpaired) electrons. The largest absolute Gasteiger partial charge is 0.494 e. The van der Waals surface area contributed by atoms with Gasteiger partial charge in [0.05, 0.1) is 37.8 Å². The Bertz CT molecular complexity index is 3650. The van der Waals surface area contributed by atoms with Gasteiger partial charge in [-0.15, -0.1) is 13.2 Å². The van der Waals surface area contributed by atoms with Gasteiger partial charge in [-0.1, -0.05) is 23.8 Å². The van der Waals surface area contributed by atoms with E-state index in [0.717, 1.165) is 0 Å². The Morgan fingerprint density at radius 1 is 0.674 bits per heavy atom. The second-order valence-electron chi connectivity index (χ2n) is 24.1. The predicted molar refractivity (Wildman–Crippen MR) is 309 cm³/mol. The van der Waals surface area contributed by atoms with Crippen LogP contribution in [0.15, 0.2) is 68.0 Å². The number of ether oxygens (including phenoxy) is 6. The van der Waals surface area contributed by atoms with Gasteiger partial charge in [-0.3, -0.25) is 38.4 Å². The van der Waals surface area contributed by atoms with Crippen molar-refractivity contribution in [1.82, 2.24) is 44.8 Å². The van der Waals surface area contributed by atoms with Crippen molar-refractivity contribution in [3.63, 3.8) is 0 Å². The first-order chi connectivity index (χ1) is 40.3. The lowest BCUT2D eigenvalue weighted by Crippen LogP contribution is -2.56. The SMILES string of the molecule is C=C[C@@H]1C[C@]1(NC(=O)[C@@H]1C[C@@H](Oc2nc3c(Cl)nccc3cc2OC)CN1C(=O)OC(C)(C)C)C(=O)NS(=O)(=O)C1CC1.C=C[C@@H]1C[C@]1(NC(=O)[C@@H]1C[C@@H](Oc2nccc3cc(OC)c(F)cc23)CN1C(=O)OC(C)(C)C)C(=O)NS(=O)(=O)C1CC1. The van der Waals surface area contributed by atoms with Crippen LogP contribution in [0, 0.1) is 17.7 Å². The van der Waals surface area contributed by atoms with Crippen LogP contribution >= 0.6 is 11.6 Å². The van der Waals surface area contributed by atoms with Gasteiger partial charge in [0.15, 0.2) is 22.5 Å². The smallest absolute Gasteiger partial charge is 0.411 e. The summed E-state index contributed by atoms with van der Waals surface area (Å²) in [5.74, 6) is -4.05. The summed E-state index contributed by atoms with van der Waals surface area (Å²) in [5.41, 5.74) is -4.37. The molecule has 0 unspecified atom stereocenters. The number of nitrogens with zero attached hydrogens (tertiary/aromatic N) is 5. The van der Waals surface area contributed by atoms with E-state index < -0.39 is 131 Å². The summed E-state index contributed by atoms with van der Waals surface area (Å²) in [6.07, 6.45) is 5.21. The minimum Gasteiger partial charge on any atom is -0.494 e. The minimum absolute atomic E-state index is 0.00138. The molecule has 1 aromatic carbocycles. The molecule has 5 heterocycles. The summed E-state index contributed by atoms with van der Waals surface area (Å²) in [6.45, 7) is 17.5. The van der Waals surface area contributed by atoms with Crippen LogP contribution < -0.4 is 39.0 Å². The van der Waals surface area contributed by atoms with Crippen LogP contribution in [0.25, 0.3) is 21.7 Å². The van der Waals surface area contributed by atoms with Crippen molar-refractivity contribution in [3.8, 4) is 23.3 Å². The summed E-state index contributed by atoms with van der Waals surface area (Å²) in [6, 6.07) is 5.60. The minimum atomic E-state index is -3.86. The third kappa shape index (κ3) is 13.7. The van der Waals surface area contributed by atoms with Gasteiger partial charge in [-0.2, -0.15) is 0 Å². The van der Waals surface area contributed by atoms with Crippen LogP contribution in [-0.4, -0.2) is 162 Å². The fourth-order valence-electron chi connectivity index (χ4n) is 10.3. The number of carbonyl (C=O) groups excluding carboxylic acids is 6. The zero-order valence-electron chi connectivity index (χ0n) is 48.6. The van der Waals surface area contributed by atoms with Gasteiger partial charge in [-0.25, -0.2) is 45.8 Å². The Morgan fingerprint density at radius 2 is 1.12 bits per heavy atom. The normalized spacial score (nSPS) is 25.1. The summed E-state index contributed by atoms with van der Waals surface area (Å²) < 4.78 is 103. The topological polar surface area (TPSA) is 319 Å². The maximum Gasteiger partial charge on any atom is 0.411 e. The Morgan fingerprint density at radius 3 is 1.55 bits per heavy atom. The Hall–Kier alpha value is -7.59. The number of methoxy groups -OCH3 is 2. The third-order valence-electron chi connectivity index (χ3n) is 15.3. The maximum absolute atomic E-state index is 14.5. The molecule has 2 saturated heterocycles. The number of carbonyl (C=O) groups is 6. The van der Waals surface area contributed by atoms with E-state index in [0.29, 0.717) is 53.1 Å². The van der Waals surface area contributed by atoms with E-state index in [1.54, 1.807) is 59.7 Å². The standard InChI is InChI=1S/C29H35FN4O8S.C28H34ClN5O8S/c1-6-17-14-29(17,26(36)33-43(38,39)19-7-8-19)32-24(35)22-12-18(15-34(22)27(37)42-28(2,3)4)41-25-20-13-21(30)23(40-5)11-16(20)9-10-31-25;1-6-16-13-28(16,25(36)33-43(38,39)18-7-8-18)32-23(35)19-12-17(14-34(19)26(37)42-27(2,3)4)41-24-20(40-5)11-15-9-10-30-22(29)21(15)31-24/h6,9-11,13,17-19,22H,1,7-8,12,14-15H2,2-5H3,(H,32,35)(H,33,36);6,9-11,16-19H,1,7-8,12-14H2,2-5H3,(H,32,35)(H,33,36)/t17-,18-,22+,29-;16-,17-,19+,28-/m11/s1. The van der Waals surface area contributed by atoms with Crippen molar-refractivity contribution >= 4 is 89.1 Å². The highest BCUT2D eigenvalue weighted by atomic mass is 35.5. The number of amides is 6. The average Bonchev–Trinajstić information content (AvgIpc) is 1.61. The highest BCUT2D eigenvalue weighted by molar-refractivity contribution is 7.91. The summed E-state index contributed by atoms with van der Waals surface area (Å²) >= 11 is 6.24. The highest BCUT2D eigenvalue weighted by Crippen LogP contribution is 2.47. The number of hydrogen-bond donors (Lipinski definition) is 4. The number of hydrogen-bond acceptors (Lipinski definition) is 19. The van der Waals surface area contributed by atoms with Crippen LogP contribution in [0.2, 0.25) is 5.15 Å². The van der Waals surface area contributed by atoms with E-state index >= 15 is 0 Å². The molecule has 4 saturated carbocycles. The van der Waals surface area contributed by atoms with Gasteiger partial charge in [-0.05, 0) is 116 Å². The fourth-order valence-corrected chi connectivity index (χ4v) is 13.3. The van der Waals surface area contributed by atoms with E-state index in [1.165, 1.54) is 60.7 Å². The number of rotatable bonds is 18. The number of sulfonamides is 2. The molecule has 6 amide bonds. The van der Waals surface area contributed by atoms with E-state index in [1.807, 2.05) is 0 Å². The van der Waals surface area contributed by atoms with Crippen molar-refractivity contribution in [2.75, 3.05) is 27.3 Å². The highest BCUT2D eigenvalue weighted by Gasteiger charge is 2.63. The molecule has 8 atom stereocenters. The van der Waals surface area contributed by atoms with Gasteiger partial charge in [0.2, 0.25) is 37.7 Å². The van der Waals surface area contributed by atoms with Crippen molar-refractivity contribution in [3.05, 3.63) is 79.0 Å². The zero-order valence-corrected chi connectivity index (χ0v) is 51.0. The van der Waals surface area contributed by atoms with E-state index in [-0.39, 0.29) is 61.4 Å². The molecule has 10 rings (SSSR count). The lowest BCUT2D eigenvalue weighted by atomic mass is 10.1. The van der Waals surface area contributed by atoms with Gasteiger partial charge >= 0.3 is 12.2 Å². The number of pyridine rings is 3. The molecular weight excluding hydrogens is 1190 g/mol. The first-order valence-corrected chi connectivity index (χ1v) is 31.3. The summed E-state index contributed by atoms with van der Waals surface area (Å²) in [4.78, 5) is 95.5. The number of nitrogens with one attached hydrogen (secondary N) is 4. The van der Waals surface area contributed by atoms with Gasteiger partial charge in [0.1, 0.15) is 52.1 Å². The molecule has 4 aromatic rings. The van der Waals surface area contributed by atoms with Crippen LogP contribution in [-0.2, 0) is 48.7 Å². The molecule has 29 heteroatoms. The molecule has 0 spiro atoms. The molecule has 4 aliphatic carbocycles. The molecule has 25 nitrogen and oxygen atoms in total. The van der Waals surface area contributed by atoms with Crippen LogP contribution in [0.1, 0.15) is 92.9 Å². The lowest BCUT2D eigenvalue weighted by Gasteiger charge is -2.29. The number of halogens is 2. The molecule has 6 aliphatic rings. The second kappa shape index (κ2) is 23.6. The molecule has 464 valence electrons. The summed E-state index contributed by atoms with van der Waals surface area (Å²) in [7, 11) is -4.90. The van der Waals surface area contributed by atoms with Gasteiger partial charge < -0.3 is 39.1 Å². The first kappa shape index (κ1) is 62.9. The lowest BCUT2D eigenvalue weighted by molar-refractivity contribution is -0.131. The third-order valence-corrected chi connectivity index (χ3v) is 19.2. The molecule has 6 fully saturated rings. The maximum atomic E-state index is 14.5. The Kier molecular flexibility index (Phi) is 17.3. The molecular formula is C57H69ClFN9O16S2. The molecule has 3 aromatic heterocycles. The quantitative estimate of drug-likeness (QED) is 0.0703. The Labute approximate surface area is 501 Å². The number of benzene rings is 1. The number of likely N-dealkylation sites (tertiary alicyclic amines) is 2. The van der Waals surface area contributed by atoms with Crippen molar-refractivity contribution in [2.45, 2.75) is 150 Å². The fraction of sp³-hybridized carbons (Fsp3) is 0.526. The van der Waals surface area contributed by atoms with Crippen LogP contribution in [0.3, 0.4) is 0 Å². The molecule has 86 heavy (non-hydrogen) atoms. The number of fused-ring (bicyclic) bond motifs is 2. The van der Waals surface area contributed by atoms with Crippen molar-refractivity contribution < 1.29 is 78.4 Å². The zero-order chi connectivity index (χ0) is 62.6. The Balaban J connectivity index is 0.000000205. The monoisotopic (exact) mass is 1250 g/mol. The second-order valence-corrected chi connectivity index (χ2v) is 28.4. The van der Waals surface area contributed by atoms with Crippen molar-refractivity contribution in [2.24, 2.45) is 11.8 Å². The van der Waals surface area contributed by atoms with Crippen molar-refractivity contribution in [1.29, 1.82) is 0 Å². The van der Waals surface area contributed by atoms with Crippen LogP contribution in [0.4, 0.5) is 14.0 Å². The van der Waals surface area contributed by atoms with E-state index in [2.05, 4.69) is 48.2 Å². The van der Waals surface area contributed by atoms with Crippen LogP contribution in [0.5, 0.6) is 23.3 Å².